The molecule has 0 aromatic carbocycles. The molecule has 9 heavy (non-hydrogen) atoms. The van der Waals surface area contributed by atoms with Crippen LogP contribution in [0.4, 0.5) is 0 Å². The maximum absolute atomic E-state index is 7.00. The molecule has 0 unspecified atom stereocenters. The van der Waals surface area contributed by atoms with Crippen LogP contribution < -0.4 is 0 Å². The van der Waals surface area contributed by atoms with Gasteiger partial charge in [0.05, 0.1) is 0 Å². The van der Waals surface area contributed by atoms with Crippen molar-refractivity contribution in [2.75, 3.05) is 0 Å². The monoisotopic (exact) mass is 135 g/mol. The average molecular weight is 134 g/mol. The van der Waals surface area contributed by atoms with Gasteiger partial charge in [-0.2, -0.15) is 0 Å². The van der Waals surface area contributed by atoms with Gasteiger partial charge in [0.15, 0.2) is 0 Å². The first-order valence-corrected chi connectivity index (χ1v) is 1.55. The summed E-state index contributed by atoms with van der Waals surface area (Å²) in [5, 5.41) is 42.0. The summed E-state index contributed by atoms with van der Waals surface area (Å²) >= 11 is 0. The van der Waals surface area contributed by atoms with E-state index in [1.165, 1.54) is 0 Å². The van der Waals surface area contributed by atoms with E-state index < -0.39 is 0 Å². The molecule has 9 heteroatoms. The summed E-state index contributed by atoms with van der Waals surface area (Å²) in [5.41, 5.74) is 0. The Labute approximate surface area is 54.3 Å². The SMILES string of the molecule is O[B]O.O[B]O.O[B]O. The minimum atomic E-state index is 0. The van der Waals surface area contributed by atoms with Crippen molar-refractivity contribution in [2.45, 2.75) is 0 Å². The number of hydrogen-bond acceptors (Lipinski definition) is 6. The molecule has 0 spiro atoms. The van der Waals surface area contributed by atoms with Crippen LogP contribution in [0, 0.1) is 0 Å². The molecule has 6 nitrogen and oxygen atoms in total. The van der Waals surface area contributed by atoms with Gasteiger partial charge < -0.3 is 30.1 Å². The van der Waals surface area contributed by atoms with Crippen LogP contribution in [-0.2, 0) is 0 Å². The first kappa shape index (κ1) is 16.0. The van der Waals surface area contributed by atoms with Gasteiger partial charge in [0, 0.05) is 0 Å². The summed E-state index contributed by atoms with van der Waals surface area (Å²) in [5.74, 6) is 0. The summed E-state index contributed by atoms with van der Waals surface area (Å²) < 4.78 is 0. The molecule has 6 N–H and O–H groups in total. The lowest BCUT2D eigenvalue weighted by molar-refractivity contribution is 0.447. The van der Waals surface area contributed by atoms with E-state index in [1.54, 1.807) is 0 Å². The molecule has 0 aliphatic heterocycles. The van der Waals surface area contributed by atoms with Crippen LogP contribution in [0.5, 0.6) is 0 Å². The lowest BCUT2D eigenvalue weighted by Crippen LogP contribution is -1.75. The Kier molecular flexibility index (Phi) is 78.2. The van der Waals surface area contributed by atoms with Crippen molar-refractivity contribution in [3.8, 4) is 0 Å². The molecule has 0 heterocycles. The average Bonchev–Trinajstić information content (AvgIpc) is 1.70. The van der Waals surface area contributed by atoms with Gasteiger partial charge in [-0.25, -0.2) is 0 Å². The van der Waals surface area contributed by atoms with E-state index in [2.05, 4.69) is 0 Å². The van der Waals surface area contributed by atoms with E-state index in [9.17, 15) is 0 Å². The predicted molar refractivity (Wildman–Crippen MR) is 30.6 cm³/mol. The molecule has 51 valence electrons. The molecule has 0 bridgehead atoms. The Balaban J connectivity index is -0.0000000600. The normalized spacial score (nSPS) is 4.67. The van der Waals surface area contributed by atoms with Gasteiger partial charge >= 0.3 is 23.1 Å². The van der Waals surface area contributed by atoms with Gasteiger partial charge in [0.25, 0.3) is 0 Å². The molecule has 0 fully saturated rings. The second-order valence-corrected chi connectivity index (χ2v) is 0.346. The Morgan fingerprint density at radius 3 is 0.444 bits per heavy atom. The van der Waals surface area contributed by atoms with E-state index in [1.807, 2.05) is 0 Å². The second-order valence-electron chi connectivity index (χ2n) is 0.346. The van der Waals surface area contributed by atoms with Crippen LogP contribution in [0.2, 0.25) is 0 Å². The molecular weight excluding hydrogens is 128 g/mol. The molecule has 0 amide bonds. The van der Waals surface area contributed by atoms with Gasteiger partial charge in [-0.15, -0.1) is 0 Å². The summed E-state index contributed by atoms with van der Waals surface area (Å²) in [7, 11) is 0. The molecule has 0 rings (SSSR count). The molecule has 0 saturated carbocycles. The summed E-state index contributed by atoms with van der Waals surface area (Å²) in [6.07, 6.45) is 0. The van der Waals surface area contributed by atoms with Gasteiger partial charge in [0.1, 0.15) is 0 Å². The molecule has 0 atom stereocenters. The van der Waals surface area contributed by atoms with Crippen LogP contribution in [0.25, 0.3) is 0 Å². The highest BCUT2D eigenvalue weighted by atomic mass is 16.4. The molecule has 0 aliphatic rings. The van der Waals surface area contributed by atoms with E-state index in [0.29, 0.717) is 0 Å². The maximum atomic E-state index is 7.00. The third kappa shape index (κ3) is 138000. The smallest absolute Gasteiger partial charge is 0.429 e. The highest BCUT2D eigenvalue weighted by molar-refractivity contribution is 6.13. The standard InChI is InChI=1S/3BH2O2/c3*2-1-3/h3*2-3H. The molecule has 3 radical (unpaired) electrons. The van der Waals surface area contributed by atoms with Gasteiger partial charge in [-0.05, 0) is 0 Å². The molecule has 0 saturated heterocycles. The molecular formula is H6B3O6. The van der Waals surface area contributed by atoms with E-state index in [-0.39, 0.29) is 23.1 Å². The van der Waals surface area contributed by atoms with Crippen molar-refractivity contribution in [3.63, 3.8) is 0 Å². The quantitative estimate of drug-likeness (QED) is 0.186. The van der Waals surface area contributed by atoms with Crippen molar-refractivity contribution in [1.82, 2.24) is 0 Å². The first-order valence-electron chi connectivity index (χ1n) is 1.55. The number of rotatable bonds is 0. The van der Waals surface area contributed by atoms with Crippen LogP contribution >= 0.6 is 0 Å². The minimum Gasteiger partial charge on any atom is -0.429 e. The summed E-state index contributed by atoms with van der Waals surface area (Å²) in [4.78, 5) is 0. The Morgan fingerprint density at radius 2 is 0.444 bits per heavy atom. The Hall–Kier alpha value is -0.0452. The molecule has 0 aromatic rings. The fourth-order valence-electron chi connectivity index (χ4n) is 0. The Morgan fingerprint density at radius 1 is 0.444 bits per heavy atom. The first-order chi connectivity index (χ1) is 4.24. The largest absolute Gasteiger partial charge is 0.482 e. The maximum Gasteiger partial charge on any atom is 0.482 e. The van der Waals surface area contributed by atoms with Crippen LogP contribution in [0.3, 0.4) is 0 Å². The van der Waals surface area contributed by atoms with Crippen molar-refractivity contribution in [1.29, 1.82) is 0 Å². The van der Waals surface area contributed by atoms with Crippen LogP contribution in [-0.4, -0.2) is 53.2 Å². The van der Waals surface area contributed by atoms with E-state index in [0.717, 1.165) is 0 Å². The third-order valence-electron chi connectivity index (χ3n) is 0. The van der Waals surface area contributed by atoms with E-state index >= 15 is 0 Å². The minimum absolute atomic E-state index is 0. The van der Waals surface area contributed by atoms with Gasteiger partial charge in [-0.1, -0.05) is 0 Å². The zero-order chi connectivity index (χ0) is 8.12. The van der Waals surface area contributed by atoms with Crippen molar-refractivity contribution >= 4 is 23.1 Å². The van der Waals surface area contributed by atoms with Crippen molar-refractivity contribution < 1.29 is 30.1 Å². The summed E-state index contributed by atoms with van der Waals surface area (Å²) in [6.45, 7) is 0. The van der Waals surface area contributed by atoms with Gasteiger partial charge in [-0.3, -0.25) is 0 Å². The zero-order valence-corrected chi connectivity index (χ0v) is 4.42. The lowest BCUT2D eigenvalue weighted by atomic mass is 10.5. The lowest BCUT2D eigenvalue weighted by Gasteiger charge is -1.46. The molecule has 0 aliphatic carbocycles. The predicted octanol–water partition coefficient (Wildman–Crippen LogP) is -4.48. The molecule has 0 aromatic heterocycles. The number of hydrogen-bond donors (Lipinski definition) is 6. The fourth-order valence-corrected chi connectivity index (χ4v) is 0. The highest BCUT2D eigenvalue weighted by Gasteiger charge is 1.52. The van der Waals surface area contributed by atoms with Crippen LogP contribution in [0.1, 0.15) is 0 Å². The topological polar surface area (TPSA) is 121 Å². The van der Waals surface area contributed by atoms with Gasteiger partial charge in [0.2, 0.25) is 0 Å². The highest BCUT2D eigenvalue weighted by Crippen LogP contribution is 1.09. The Bertz CT molecular complexity index is 13.0. The fraction of sp³-hybridized carbons (Fsp3) is 0. The van der Waals surface area contributed by atoms with E-state index in [4.69, 9.17) is 30.1 Å². The van der Waals surface area contributed by atoms with Crippen molar-refractivity contribution in [3.05, 3.63) is 0 Å². The third-order valence-corrected chi connectivity index (χ3v) is 0. The zero-order valence-electron chi connectivity index (χ0n) is 4.42. The summed E-state index contributed by atoms with van der Waals surface area (Å²) in [6, 6.07) is 0. The van der Waals surface area contributed by atoms with Crippen molar-refractivity contribution in [2.24, 2.45) is 0 Å². The van der Waals surface area contributed by atoms with Crippen LogP contribution in [0.15, 0.2) is 0 Å². The second kappa shape index (κ2) is 44.1.